The van der Waals surface area contributed by atoms with Gasteiger partial charge in [0.2, 0.25) is 0 Å². The van der Waals surface area contributed by atoms with Gasteiger partial charge in [0.25, 0.3) is 0 Å². The summed E-state index contributed by atoms with van der Waals surface area (Å²) in [6.45, 7) is 6.20. The van der Waals surface area contributed by atoms with E-state index in [1.54, 1.807) is 17.1 Å². The molecule has 1 unspecified atom stereocenters. The second-order valence-electron chi connectivity index (χ2n) is 6.03. The van der Waals surface area contributed by atoms with Crippen LogP contribution in [0.5, 0.6) is 5.75 Å². The van der Waals surface area contributed by atoms with Crippen LogP contribution < -0.4 is 10.1 Å². The Morgan fingerprint density at radius 2 is 2.33 bits per heavy atom. The van der Waals surface area contributed by atoms with Gasteiger partial charge >= 0.3 is 0 Å². The van der Waals surface area contributed by atoms with Crippen molar-refractivity contribution in [2.45, 2.75) is 13.0 Å². The van der Waals surface area contributed by atoms with Crippen LogP contribution in [0.2, 0.25) is 0 Å². The Kier molecular flexibility index (Phi) is 8.79. The molecule has 9 heteroatoms. The molecule has 0 spiro atoms. The van der Waals surface area contributed by atoms with Crippen molar-refractivity contribution in [1.29, 1.82) is 0 Å². The fraction of sp³-hybridized carbons (Fsp3) is 0.500. The molecule has 0 aliphatic carbocycles. The van der Waals surface area contributed by atoms with Gasteiger partial charge in [0.05, 0.1) is 32.1 Å². The third-order valence-electron chi connectivity index (χ3n) is 4.05. The zero-order valence-corrected chi connectivity index (χ0v) is 18.1. The molecule has 27 heavy (non-hydrogen) atoms. The third kappa shape index (κ3) is 6.35. The minimum absolute atomic E-state index is 0. The van der Waals surface area contributed by atoms with Gasteiger partial charge in [-0.25, -0.2) is 4.99 Å². The fourth-order valence-electron chi connectivity index (χ4n) is 2.82. The Morgan fingerprint density at radius 3 is 3.04 bits per heavy atom. The molecule has 1 aliphatic rings. The average molecular weight is 486 g/mol. The van der Waals surface area contributed by atoms with Crippen LogP contribution in [-0.4, -0.2) is 65.0 Å². The van der Waals surface area contributed by atoms with Crippen LogP contribution in [0.3, 0.4) is 0 Å². The monoisotopic (exact) mass is 486 g/mol. The maximum atomic E-state index is 5.91. The Labute approximate surface area is 177 Å². The lowest BCUT2D eigenvalue weighted by Crippen LogP contribution is -2.48. The van der Waals surface area contributed by atoms with Gasteiger partial charge in [-0.2, -0.15) is 5.10 Å². The van der Waals surface area contributed by atoms with Crippen LogP contribution in [0.25, 0.3) is 0 Å². The molecule has 148 valence electrons. The first kappa shape index (κ1) is 21.4. The molecule has 0 saturated carbocycles. The maximum absolute atomic E-state index is 5.91. The number of morpholine rings is 1. The molecule has 2 aromatic rings. The highest BCUT2D eigenvalue weighted by Crippen LogP contribution is 2.21. The molecular weight excluding hydrogens is 459 g/mol. The van der Waals surface area contributed by atoms with E-state index in [1.165, 1.54) is 0 Å². The highest BCUT2D eigenvalue weighted by molar-refractivity contribution is 14.0. The first-order valence-electron chi connectivity index (χ1n) is 8.92. The molecule has 3 heterocycles. The molecule has 1 saturated heterocycles. The zero-order valence-electron chi connectivity index (χ0n) is 15.7. The molecule has 0 radical (unpaired) electrons. The summed E-state index contributed by atoms with van der Waals surface area (Å²) >= 11 is 0. The van der Waals surface area contributed by atoms with E-state index < -0.39 is 0 Å². The number of nitrogens with zero attached hydrogens (tertiary/aromatic N) is 5. The van der Waals surface area contributed by atoms with Crippen LogP contribution in [0.1, 0.15) is 18.6 Å². The largest absolute Gasteiger partial charge is 0.490 e. The molecule has 2 aromatic heterocycles. The number of hydrogen-bond acceptors (Lipinski definition) is 5. The molecule has 0 bridgehead atoms. The summed E-state index contributed by atoms with van der Waals surface area (Å²) in [6.07, 6.45) is 7.30. The summed E-state index contributed by atoms with van der Waals surface area (Å²) in [5.41, 5.74) is 1.09. The standard InChI is InChI=1S/C18H26N6O2.HI/c1-3-20-18(21-7-9-25-16-5-4-6-19-12-16)24-8-10-26-17(14-24)15-11-22-23(2)13-15;/h4-6,11-13,17H,3,7-10,14H2,1-2H3,(H,20,21);1H. The van der Waals surface area contributed by atoms with E-state index in [0.29, 0.717) is 19.8 Å². The van der Waals surface area contributed by atoms with Crippen molar-refractivity contribution >= 4 is 29.9 Å². The quantitative estimate of drug-likeness (QED) is 0.291. The molecule has 8 nitrogen and oxygen atoms in total. The van der Waals surface area contributed by atoms with Gasteiger partial charge in [-0.1, -0.05) is 0 Å². The smallest absolute Gasteiger partial charge is 0.194 e. The van der Waals surface area contributed by atoms with E-state index in [-0.39, 0.29) is 30.1 Å². The SMILES string of the molecule is CCNC(=NCCOc1cccnc1)N1CCOC(c2cnn(C)c2)C1.I. The minimum atomic E-state index is 0. The molecule has 0 aromatic carbocycles. The molecule has 1 N–H and O–H groups in total. The van der Waals surface area contributed by atoms with Gasteiger partial charge in [-0.3, -0.25) is 9.67 Å². The lowest BCUT2D eigenvalue weighted by atomic mass is 10.1. The number of pyridine rings is 1. The molecule has 1 fully saturated rings. The lowest BCUT2D eigenvalue weighted by Gasteiger charge is -2.34. The Morgan fingerprint density at radius 1 is 1.44 bits per heavy atom. The number of nitrogens with one attached hydrogen (secondary N) is 1. The Bertz CT molecular complexity index is 709. The van der Waals surface area contributed by atoms with Crippen molar-refractivity contribution in [1.82, 2.24) is 25.0 Å². The van der Waals surface area contributed by atoms with Gasteiger partial charge in [0, 0.05) is 38.1 Å². The minimum Gasteiger partial charge on any atom is -0.490 e. The number of guanidine groups is 1. The van der Waals surface area contributed by atoms with Gasteiger partial charge < -0.3 is 19.7 Å². The first-order valence-corrected chi connectivity index (χ1v) is 8.92. The fourth-order valence-corrected chi connectivity index (χ4v) is 2.82. The van der Waals surface area contributed by atoms with Gasteiger partial charge in [0.1, 0.15) is 18.5 Å². The van der Waals surface area contributed by atoms with E-state index in [4.69, 9.17) is 14.5 Å². The second-order valence-corrected chi connectivity index (χ2v) is 6.03. The van der Waals surface area contributed by atoms with Crippen LogP contribution in [-0.2, 0) is 11.8 Å². The lowest BCUT2D eigenvalue weighted by molar-refractivity contribution is -0.00805. The van der Waals surface area contributed by atoms with Crippen LogP contribution in [0.4, 0.5) is 0 Å². The van der Waals surface area contributed by atoms with Crippen molar-refractivity contribution in [2.75, 3.05) is 39.4 Å². The van der Waals surface area contributed by atoms with E-state index in [1.807, 2.05) is 31.6 Å². The number of aliphatic imine (C=N–C) groups is 1. The van der Waals surface area contributed by atoms with E-state index in [9.17, 15) is 0 Å². The van der Waals surface area contributed by atoms with Crippen molar-refractivity contribution in [2.24, 2.45) is 12.0 Å². The van der Waals surface area contributed by atoms with Crippen molar-refractivity contribution < 1.29 is 9.47 Å². The first-order chi connectivity index (χ1) is 12.8. The summed E-state index contributed by atoms with van der Waals surface area (Å²) in [7, 11) is 1.91. The van der Waals surface area contributed by atoms with Gasteiger partial charge in [-0.15, -0.1) is 24.0 Å². The summed E-state index contributed by atoms with van der Waals surface area (Å²) in [6, 6.07) is 3.75. The molecule has 0 amide bonds. The number of aromatic nitrogens is 3. The molecule has 1 aliphatic heterocycles. The highest BCUT2D eigenvalue weighted by atomic mass is 127. The van der Waals surface area contributed by atoms with Crippen molar-refractivity contribution in [3.63, 3.8) is 0 Å². The number of hydrogen-bond donors (Lipinski definition) is 1. The zero-order chi connectivity index (χ0) is 18.2. The van der Waals surface area contributed by atoms with Crippen molar-refractivity contribution in [3.8, 4) is 5.75 Å². The topological polar surface area (TPSA) is 76.8 Å². The Balaban J connectivity index is 0.00000261. The summed E-state index contributed by atoms with van der Waals surface area (Å²) in [5.74, 6) is 1.65. The van der Waals surface area contributed by atoms with Crippen LogP contribution in [0.15, 0.2) is 41.9 Å². The number of halogens is 1. The van der Waals surface area contributed by atoms with E-state index >= 15 is 0 Å². The number of ether oxygens (including phenoxy) is 2. The summed E-state index contributed by atoms with van der Waals surface area (Å²) < 4.78 is 13.4. The predicted octanol–water partition coefficient (Wildman–Crippen LogP) is 1.85. The summed E-state index contributed by atoms with van der Waals surface area (Å²) in [4.78, 5) is 11.0. The third-order valence-corrected chi connectivity index (χ3v) is 4.05. The van der Waals surface area contributed by atoms with Gasteiger partial charge in [-0.05, 0) is 19.1 Å². The number of rotatable bonds is 6. The van der Waals surface area contributed by atoms with Crippen molar-refractivity contribution in [3.05, 3.63) is 42.5 Å². The Hall–Kier alpha value is -1.88. The molecular formula is C18H27IN6O2. The van der Waals surface area contributed by atoms with E-state index in [2.05, 4.69) is 27.2 Å². The number of aryl methyl sites for hydroxylation is 1. The van der Waals surface area contributed by atoms with E-state index in [0.717, 1.165) is 36.9 Å². The molecule has 3 rings (SSSR count). The van der Waals surface area contributed by atoms with Crippen LogP contribution in [0, 0.1) is 0 Å². The predicted molar refractivity (Wildman–Crippen MR) is 115 cm³/mol. The highest BCUT2D eigenvalue weighted by Gasteiger charge is 2.25. The van der Waals surface area contributed by atoms with Gasteiger partial charge in [0.15, 0.2) is 5.96 Å². The second kappa shape index (κ2) is 11.1. The maximum Gasteiger partial charge on any atom is 0.194 e. The summed E-state index contributed by atoms with van der Waals surface area (Å²) in [5, 5.41) is 7.60. The average Bonchev–Trinajstić information content (AvgIpc) is 3.12. The molecule has 1 atom stereocenters. The van der Waals surface area contributed by atoms with Crippen LogP contribution >= 0.6 is 24.0 Å². The normalized spacial score (nSPS) is 17.3.